The Kier molecular flexibility index (Phi) is 5.67. The maximum atomic E-state index is 13.3. The topological polar surface area (TPSA) is 109 Å². The predicted molar refractivity (Wildman–Crippen MR) is 136 cm³/mol. The number of fused-ring (bicyclic) bond motifs is 1. The summed E-state index contributed by atoms with van der Waals surface area (Å²) in [5, 5.41) is 11.3. The first-order chi connectivity index (χ1) is 17.2. The van der Waals surface area contributed by atoms with E-state index >= 15 is 0 Å². The Morgan fingerprint density at radius 2 is 1.83 bits per heavy atom. The van der Waals surface area contributed by atoms with Crippen LogP contribution in [-0.4, -0.2) is 32.9 Å². The number of nitrogens with one attached hydrogen (secondary N) is 1. The van der Waals surface area contributed by atoms with Crippen LogP contribution in [0.5, 0.6) is 5.75 Å². The maximum absolute atomic E-state index is 13.3. The van der Waals surface area contributed by atoms with Gasteiger partial charge in [0.2, 0.25) is 5.95 Å². The zero-order chi connectivity index (χ0) is 25.7. The number of furan rings is 1. The molecule has 2 aromatic carbocycles. The number of aryl methyl sites for hydroxylation is 3. The summed E-state index contributed by atoms with van der Waals surface area (Å²) in [5.74, 6) is -0.699. The smallest absolute Gasteiger partial charge is 0.302 e. The minimum Gasteiger partial charge on any atom is -0.507 e. The molecule has 0 radical (unpaired) electrons. The maximum Gasteiger partial charge on any atom is 0.302 e. The SMILES string of the molecule is Cc1cc2nc(N3C(=O)C(=O)/C(=C(/O)c4ccc(OC(C)C)c(C)c4)C3c3ccco3)[nH]c2cc1C. The summed E-state index contributed by atoms with van der Waals surface area (Å²) >= 11 is 0. The van der Waals surface area contributed by atoms with Crippen LogP contribution in [0.4, 0.5) is 5.95 Å². The van der Waals surface area contributed by atoms with Crippen LogP contribution in [0.2, 0.25) is 0 Å². The number of aliphatic hydroxyl groups excluding tert-OH is 1. The molecule has 8 heteroatoms. The fourth-order valence-corrected chi connectivity index (χ4v) is 4.48. The quantitative estimate of drug-likeness (QED) is 0.220. The van der Waals surface area contributed by atoms with Crippen molar-refractivity contribution >= 4 is 34.4 Å². The van der Waals surface area contributed by atoms with Gasteiger partial charge in [0.1, 0.15) is 23.3 Å². The molecule has 1 unspecified atom stereocenters. The third-order valence-corrected chi connectivity index (χ3v) is 6.38. The van der Waals surface area contributed by atoms with Gasteiger partial charge >= 0.3 is 5.91 Å². The highest BCUT2D eigenvalue weighted by Gasteiger charge is 2.49. The summed E-state index contributed by atoms with van der Waals surface area (Å²) in [6, 6.07) is 11.4. The molecule has 36 heavy (non-hydrogen) atoms. The third-order valence-electron chi connectivity index (χ3n) is 6.38. The van der Waals surface area contributed by atoms with Gasteiger partial charge in [0, 0.05) is 5.56 Å². The molecule has 1 saturated heterocycles. The number of aromatic nitrogens is 2. The Bertz CT molecular complexity index is 1490. The summed E-state index contributed by atoms with van der Waals surface area (Å²) in [6.45, 7) is 9.69. The van der Waals surface area contributed by atoms with Crippen LogP contribution in [0.25, 0.3) is 16.8 Å². The largest absolute Gasteiger partial charge is 0.507 e. The van der Waals surface area contributed by atoms with Gasteiger partial charge < -0.3 is 19.2 Å². The number of hydrogen-bond acceptors (Lipinski definition) is 6. The normalized spacial score (nSPS) is 17.5. The molecular weight excluding hydrogens is 458 g/mol. The summed E-state index contributed by atoms with van der Waals surface area (Å²) in [5.41, 5.74) is 4.66. The number of H-pyrrole nitrogens is 1. The number of carbonyl (C=O) groups excluding carboxylic acids is 2. The second-order valence-electron chi connectivity index (χ2n) is 9.35. The zero-order valence-electron chi connectivity index (χ0n) is 20.7. The number of imidazole rings is 1. The van der Waals surface area contributed by atoms with Crippen molar-refractivity contribution in [1.29, 1.82) is 0 Å². The first-order valence-electron chi connectivity index (χ1n) is 11.7. The second kappa shape index (κ2) is 8.71. The van der Waals surface area contributed by atoms with Gasteiger partial charge in [-0.05, 0) is 93.8 Å². The summed E-state index contributed by atoms with van der Waals surface area (Å²) in [4.78, 5) is 35.6. The number of anilines is 1. The fraction of sp³-hybridized carbons (Fsp3) is 0.250. The first-order valence-corrected chi connectivity index (χ1v) is 11.7. The molecule has 1 fully saturated rings. The molecule has 2 N–H and O–H groups in total. The lowest BCUT2D eigenvalue weighted by atomic mass is 9.98. The molecule has 4 aromatic rings. The fourth-order valence-electron chi connectivity index (χ4n) is 4.48. The van der Waals surface area contributed by atoms with E-state index in [1.165, 1.54) is 11.2 Å². The Morgan fingerprint density at radius 1 is 1.08 bits per heavy atom. The van der Waals surface area contributed by atoms with Crippen LogP contribution in [0.3, 0.4) is 0 Å². The van der Waals surface area contributed by atoms with Crippen LogP contribution < -0.4 is 9.64 Å². The van der Waals surface area contributed by atoms with Crippen molar-refractivity contribution in [2.24, 2.45) is 0 Å². The van der Waals surface area contributed by atoms with Gasteiger partial charge in [-0.2, -0.15) is 0 Å². The molecule has 1 atom stereocenters. The molecule has 0 bridgehead atoms. The van der Waals surface area contributed by atoms with Gasteiger partial charge in [0.05, 0.1) is 29.0 Å². The van der Waals surface area contributed by atoms with Gasteiger partial charge in [-0.15, -0.1) is 0 Å². The molecule has 2 aromatic heterocycles. The number of Topliss-reactive ketones (excluding diaryl/α,β-unsaturated/α-hetero) is 1. The lowest BCUT2D eigenvalue weighted by Crippen LogP contribution is -2.30. The molecule has 1 amide bonds. The molecule has 184 valence electrons. The van der Waals surface area contributed by atoms with Crippen molar-refractivity contribution < 1.29 is 23.8 Å². The van der Waals surface area contributed by atoms with E-state index in [9.17, 15) is 14.7 Å². The minimum absolute atomic E-state index is 0.0104. The van der Waals surface area contributed by atoms with Crippen molar-refractivity contribution in [2.45, 2.75) is 46.8 Å². The molecule has 3 heterocycles. The zero-order valence-corrected chi connectivity index (χ0v) is 20.7. The van der Waals surface area contributed by atoms with Crippen LogP contribution >= 0.6 is 0 Å². The van der Waals surface area contributed by atoms with E-state index in [0.29, 0.717) is 22.6 Å². The number of amides is 1. The summed E-state index contributed by atoms with van der Waals surface area (Å²) in [6.07, 6.45) is 1.45. The van der Waals surface area contributed by atoms with E-state index in [0.717, 1.165) is 22.2 Å². The average Bonchev–Trinajstić information content (AvgIpc) is 3.54. The Labute approximate surface area is 208 Å². The van der Waals surface area contributed by atoms with Gasteiger partial charge in [-0.1, -0.05) is 0 Å². The van der Waals surface area contributed by atoms with Gasteiger partial charge in [-0.3, -0.25) is 14.5 Å². The molecule has 5 rings (SSSR count). The van der Waals surface area contributed by atoms with E-state index in [4.69, 9.17) is 9.15 Å². The van der Waals surface area contributed by atoms with E-state index < -0.39 is 17.7 Å². The number of aromatic amines is 1. The van der Waals surface area contributed by atoms with Crippen molar-refractivity contribution in [1.82, 2.24) is 9.97 Å². The second-order valence-corrected chi connectivity index (χ2v) is 9.35. The van der Waals surface area contributed by atoms with Crippen molar-refractivity contribution in [3.63, 3.8) is 0 Å². The van der Waals surface area contributed by atoms with Crippen LogP contribution in [-0.2, 0) is 9.59 Å². The lowest BCUT2D eigenvalue weighted by Gasteiger charge is -2.20. The van der Waals surface area contributed by atoms with Gasteiger partial charge in [0.25, 0.3) is 5.78 Å². The highest BCUT2D eigenvalue weighted by molar-refractivity contribution is 6.51. The van der Waals surface area contributed by atoms with E-state index in [1.54, 1.807) is 30.3 Å². The van der Waals surface area contributed by atoms with Gasteiger partial charge in [-0.25, -0.2) is 4.98 Å². The monoisotopic (exact) mass is 485 g/mol. The van der Waals surface area contributed by atoms with Gasteiger partial charge in [0.15, 0.2) is 0 Å². The number of benzene rings is 2. The summed E-state index contributed by atoms with van der Waals surface area (Å²) in [7, 11) is 0. The highest BCUT2D eigenvalue weighted by atomic mass is 16.5. The van der Waals surface area contributed by atoms with Crippen molar-refractivity contribution in [3.8, 4) is 5.75 Å². The molecular formula is C28H27N3O5. The van der Waals surface area contributed by atoms with E-state index in [-0.39, 0.29) is 23.4 Å². The number of ether oxygens (including phenoxy) is 1. The third kappa shape index (κ3) is 3.84. The molecule has 8 nitrogen and oxygen atoms in total. The number of rotatable bonds is 5. The Balaban J connectivity index is 1.65. The minimum atomic E-state index is -0.991. The predicted octanol–water partition coefficient (Wildman–Crippen LogP) is 5.49. The summed E-state index contributed by atoms with van der Waals surface area (Å²) < 4.78 is 11.4. The van der Waals surface area contributed by atoms with E-state index in [2.05, 4.69) is 9.97 Å². The molecule has 0 aliphatic carbocycles. The highest BCUT2D eigenvalue weighted by Crippen LogP contribution is 2.42. The molecule has 1 aliphatic rings. The number of aliphatic hydroxyl groups is 1. The number of ketones is 1. The number of hydrogen-bond donors (Lipinski definition) is 2. The lowest BCUT2D eigenvalue weighted by molar-refractivity contribution is -0.132. The van der Waals surface area contributed by atoms with Crippen LogP contribution in [0, 0.1) is 20.8 Å². The van der Waals surface area contributed by atoms with Crippen LogP contribution in [0.15, 0.2) is 58.7 Å². The van der Waals surface area contributed by atoms with Crippen molar-refractivity contribution in [2.75, 3.05) is 4.90 Å². The first kappa shape index (κ1) is 23.4. The number of nitrogens with zero attached hydrogens (tertiary/aromatic N) is 2. The molecule has 0 saturated carbocycles. The Morgan fingerprint density at radius 3 is 2.50 bits per heavy atom. The average molecular weight is 486 g/mol. The standard InChI is InChI=1S/C28H27N3O5/c1-14(2)36-21-9-8-18(11-17(21)5)25(32)23-24(22-7-6-10-35-22)31(27(34)26(23)33)28-29-19-12-15(3)16(4)13-20(19)30-28/h6-14,24,32H,1-5H3,(H,29,30)/b25-23+. The molecule has 1 aliphatic heterocycles. The molecule has 0 spiro atoms. The Hall–Kier alpha value is -4.33. The number of carbonyl (C=O) groups is 2. The van der Waals surface area contributed by atoms with E-state index in [1.807, 2.05) is 46.8 Å². The van der Waals surface area contributed by atoms with Crippen molar-refractivity contribution in [3.05, 3.63) is 82.3 Å². The van der Waals surface area contributed by atoms with Crippen LogP contribution in [0.1, 0.15) is 47.9 Å².